The van der Waals surface area contributed by atoms with Crippen molar-refractivity contribution < 1.29 is 4.42 Å². The summed E-state index contributed by atoms with van der Waals surface area (Å²) in [4.78, 5) is 4.46. The first kappa shape index (κ1) is 12.3. The monoisotopic (exact) mass is 309 g/mol. The minimum absolute atomic E-state index is 0. The van der Waals surface area contributed by atoms with Crippen LogP contribution in [0.2, 0.25) is 0 Å². The highest BCUT2D eigenvalue weighted by atomic mass is 79.9. The van der Waals surface area contributed by atoms with Gasteiger partial charge >= 0.3 is 0 Å². The van der Waals surface area contributed by atoms with Crippen molar-refractivity contribution in [1.82, 2.24) is 4.98 Å². The first-order valence-electron chi connectivity index (χ1n) is 5.16. The lowest BCUT2D eigenvalue weighted by molar-refractivity contribution is 0.626. The quantitative estimate of drug-likeness (QED) is 0.648. The summed E-state index contributed by atoms with van der Waals surface area (Å²) >= 11 is 1.65. The summed E-state index contributed by atoms with van der Waals surface area (Å²) in [6.07, 6.45) is 0. The number of nitrogens with zero attached hydrogens (tertiary/aromatic N) is 1. The minimum atomic E-state index is 0. The molecule has 0 aliphatic rings. The van der Waals surface area contributed by atoms with Crippen molar-refractivity contribution in [3.63, 3.8) is 0 Å². The predicted octanol–water partition coefficient (Wildman–Crippen LogP) is 4.75. The first-order valence-corrected chi connectivity index (χ1v) is 6.04. The van der Waals surface area contributed by atoms with E-state index in [4.69, 9.17) is 4.42 Å². The van der Waals surface area contributed by atoms with Gasteiger partial charge in [-0.15, -0.1) is 28.3 Å². The molecule has 0 saturated carbocycles. The highest BCUT2D eigenvalue weighted by Gasteiger charge is 2.13. The number of para-hydroxylation sites is 1. The molecule has 2 heterocycles. The van der Waals surface area contributed by atoms with Crippen molar-refractivity contribution in [2.24, 2.45) is 0 Å². The maximum Gasteiger partial charge on any atom is 0.157 e. The van der Waals surface area contributed by atoms with Crippen LogP contribution < -0.4 is 0 Å². The number of aryl methyl sites for hydroxylation is 2. The third kappa shape index (κ3) is 2.03. The van der Waals surface area contributed by atoms with Crippen LogP contribution in [-0.4, -0.2) is 4.98 Å². The van der Waals surface area contributed by atoms with E-state index in [0.717, 1.165) is 22.0 Å². The van der Waals surface area contributed by atoms with E-state index in [2.05, 4.69) is 18.0 Å². The van der Waals surface area contributed by atoms with Crippen molar-refractivity contribution >= 4 is 39.3 Å². The van der Waals surface area contributed by atoms with Crippen LogP contribution in [0.4, 0.5) is 0 Å². The lowest BCUT2D eigenvalue weighted by atomic mass is 10.1. The van der Waals surface area contributed by atoms with Crippen LogP contribution in [0.15, 0.2) is 34.1 Å². The van der Waals surface area contributed by atoms with E-state index in [1.54, 1.807) is 11.3 Å². The Bertz CT molecular complexity index is 656. The molecular weight excluding hydrogens is 298 g/mol. The Morgan fingerprint density at radius 2 is 1.94 bits per heavy atom. The summed E-state index contributed by atoms with van der Waals surface area (Å²) in [6.45, 7) is 4.09. The van der Waals surface area contributed by atoms with E-state index in [1.165, 1.54) is 10.9 Å². The second kappa shape index (κ2) is 4.63. The number of hydrogen-bond acceptors (Lipinski definition) is 3. The third-order valence-electron chi connectivity index (χ3n) is 2.70. The molecule has 0 amide bonds. The number of benzene rings is 1. The van der Waals surface area contributed by atoms with Crippen LogP contribution in [-0.2, 0) is 0 Å². The second-order valence-electron chi connectivity index (χ2n) is 3.80. The van der Waals surface area contributed by atoms with Gasteiger partial charge in [-0.25, -0.2) is 4.98 Å². The fourth-order valence-corrected chi connectivity index (χ4v) is 2.48. The van der Waals surface area contributed by atoms with Gasteiger partial charge in [0.25, 0.3) is 0 Å². The van der Waals surface area contributed by atoms with Gasteiger partial charge in [-0.3, -0.25) is 0 Å². The van der Waals surface area contributed by atoms with E-state index in [9.17, 15) is 0 Å². The molecule has 0 radical (unpaired) electrons. The molecule has 17 heavy (non-hydrogen) atoms. The molecule has 1 aromatic carbocycles. The molecule has 88 valence electrons. The van der Waals surface area contributed by atoms with Crippen molar-refractivity contribution in [3.8, 4) is 11.5 Å². The summed E-state index contributed by atoms with van der Waals surface area (Å²) in [6, 6.07) is 8.09. The standard InChI is InChI=1S/C13H11NOS.BrH/c1-8-10-5-3-4-6-12(10)15-13(8)11-7-16-9(2)14-11;/h3-7H,1-2H3;1H. The van der Waals surface area contributed by atoms with Crippen LogP contribution in [0.25, 0.3) is 22.4 Å². The fraction of sp³-hybridized carbons (Fsp3) is 0.154. The predicted molar refractivity (Wildman–Crippen MR) is 77.1 cm³/mol. The van der Waals surface area contributed by atoms with Crippen molar-refractivity contribution in [2.45, 2.75) is 13.8 Å². The van der Waals surface area contributed by atoms with Gasteiger partial charge in [0, 0.05) is 16.3 Å². The molecule has 0 N–H and O–H groups in total. The summed E-state index contributed by atoms with van der Waals surface area (Å²) < 4.78 is 5.84. The maximum absolute atomic E-state index is 5.84. The zero-order chi connectivity index (χ0) is 11.1. The molecule has 0 bridgehead atoms. The van der Waals surface area contributed by atoms with Crippen molar-refractivity contribution in [1.29, 1.82) is 0 Å². The van der Waals surface area contributed by atoms with Crippen LogP contribution >= 0.6 is 28.3 Å². The first-order chi connectivity index (χ1) is 7.75. The Kier molecular flexibility index (Phi) is 3.35. The van der Waals surface area contributed by atoms with Gasteiger partial charge in [-0.1, -0.05) is 18.2 Å². The topological polar surface area (TPSA) is 26.0 Å². The summed E-state index contributed by atoms with van der Waals surface area (Å²) in [5.41, 5.74) is 3.04. The Balaban J connectivity index is 0.00000108. The summed E-state index contributed by atoms with van der Waals surface area (Å²) in [7, 11) is 0. The van der Waals surface area contributed by atoms with E-state index in [0.29, 0.717) is 0 Å². The van der Waals surface area contributed by atoms with Crippen LogP contribution in [0.3, 0.4) is 0 Å². The highest BCUT2D eigenvalue weighted by Crippen LogP contribution is 2.32. The molecule has 0 aliphatic heterocycles. The smallest absolute Gasteiger partial charge is 0.157 e. The van der Waals surface area contributed by atoms with Crippen LogP contribution in [0.1, 0.15) is 10.6 Å². The molecule has 0 aliphatic carbocycles. The lowest BCUT2D eigenvalue weighted by Crippen LogP contribution is -1.77. The molecule has 2 nitrogen and oxygen atoms in total. The number of furan rings is 1. The molecule has 0 fully saturated rings. The summed E-state index contributed by atoms with van der Waals surface area (Å²) in [5.74, 6) is 0.894. The van der Waals surface area contributed by atoms with Gasteiger partial charge in [-0.05, 0) is 19.9 Å². The second-order valence-corrected chi connectivity index (χ2v) is 4.87. The molecule has 0 unspecified atom stereocenters. The Labute approximate surface area is 114 Å². The zero-order valence-corrected chi connectivity index (χ0v) is 12.1. The molecule has 2 aromatic heterocycles. The van der Waals surface area contributed by atoms with Gasteiger partial charge < -0.3 is 4.42 Å². The SMILES string of the molecule is Br.Cc1nc(-c2oc3ccccc3c2C)cs1. The van der Waals surface area contributed by atoms with E-state index < -0.39 is 0 Å². The molecule has 0 spiro atoms. The van der Waals surface area contributed by atoms with Gasteiger partial charge in [-0.2, -0.15) is 0 Å². The zero-order valence-electron chi connectivity index (χ0n) is 9.56. The van der Waals surface area contributed by atoms with Gasteiger partial charge in [0.05, 0.1) is 5.01 Å². The van der Waals surface area contributed by atoms with Gasteiger partial charge in [0.1, 0.15) is 11.3 Å². The molecule has 0 atom stereocenters. The number of aromatic nitrogens is 1. The number of halogens is 1. The van der Waals surface area contributed by atoms with Crippen LogP contribution in [0.5, 0.6) is 0 Å². The molecule has 0 saturated heterocycles. The Hall–Kier alpha value is -1.13. The average Bonchev–Trinajstić information content (AvgIpc) is 2.84. The highest BCUT2D eigenvalue weighted by molar-refractivity contribution is 8.93. The Morgan fingerprint density at radius 1 is 1.18 bits per heavy atom. The minimum Gasteiger partial charge on any atom is -0.454 e. The van der Waals surface area contributed by atoms with E-state index in [-0.39, 0.29) is 17.0 Å². The van der Waals surface area contributed by atoms with Gasteiger partial charge in [0.2, 0.25) is 0 Å². The molecule has 3 rings (SSSR count). The van der Waals surface area contributed by atoms with Crippen molar-refractivity contribution in [3.05, 3.63) is 40.2 Å². The maximum atomic E-state index is 5.84. The van der Waals surface area contributed by atoms with Crippen LogP contribution in [0, 0.1) is 13.8 Å². The average molecular weight is 310 g/mol. The fourth-order valence-electron chi connectivity index (χ4n) is 1.89. The normalized spacial score (nSPS) is 10.5. The lowest BCUT2D eigenvalue weighted by Gasteiger charge is -1.91. The van der Waals surface area contributed by atoms with E-state index in [1.807, 2.05) is 30.5 Å². The molecular formula is C13H12BrNOS. The van der Waals surface area contributed by atoms with Crippen molar-refractivity contribution in [2.75, 3.05) is 0 Å². The number of thiazole rings is 1. The summed E-state index contributed by atoms with van der Waals surface area (Å²) in [5, 5.41) is 4.28. The molecule has 3 aromatic rings. The number of rotatable bonds is 1. The number of hydrogen-bond donors (Lipinski definition) is 0. The van der Waals surface area contributed by atoms with E-state index >= 15 is 0 Å². The number of fused-ring (bicyclic) bond motifs is 1. The van der Waals surface area contributed by atoms with Gasteiger partial charge in [0.15, 0.2) is 5.76 Å². The largest absolute Gasteiger partial charge is 0.454 e. The molecule has 4 heteroatoms. The third-order valence-corrected chi connectivity index (χ3v) is 3.47. The Morgan fingerprint density at radius 3 is 2.59 bits per heavy atom.